The van der Waals surface area contributed by atoms with Crippen LogP contribution in [0, 0.1) is 0 Å². The van der Waals surface area contributed by atoms with Crippen molar-refractivity contribution in [1.82, 2.24) is 4.57 Å². The molecule has 0 saturated heterocycles. The summed E-state index contributed by atoms with van der Waals surface area (Å²) in [6.07, 6.45) is 0. The minimum atomic E-state index is -0.0695. The molecule has 2 aromatic heterocycles. The lowest BCUT2D eigenvalue weighted by Gasteiger charge is -2.27. The van der Waals surface area contributed by atoms with Crippen molar-refractivity contribution >= 4 is 59.6 Å². The van der Waals surface area contributed by atoms with Crippen LogP contribution in [-0.2, 0) is 5.41 Å². The Labute approximate surface area is 296 Å². The van der Waals surface area contributed by atoms with Gasteiger partial charge in [0.05, 0.1) is 11.0 Å². The number of fused-ring (bicyclic) bond motifs is 7. The molecule has 0 fully saturated rings. The van der Waals surface area contributed by atoms with E-state index >= 15 is 0 Å². The van der Waals surface area contributed by atoms with E-state index in [1.54, 1.807) is 0 Å². The van der Waals surface area contributed by atoms with Gasteiger partial charge in [-0.25, -0.2) is 0 Å². The summed E-state index contributed by atoms with van der Waals surface area (Å²) in [7, 11) is 0. The average Bonchev–Trinajstić information content (AvgIpc) is 3.81. The van der Waals surface area contributed by atoms with Gasteiger partial charge in [-0.1, -0.05) is 117 Å². The van der Waals surface area contributed by atoms with E-state index in [4.69, 9.17) is 0 Å². The van der Waals surface area contributed by atoms with Gasteiger partial charge in [-0.3, -0.25) is 0 Å². The predicted molar refractivity (Wildman–Crippen MR) is 214 cm³/mol. The molecule has 0 N–H and O–H groups in total. The average molecular weight is 659 g/mol. The Hall–Kier alpha value is -5.90. The van der Waals surface area contributed by atoms with Crippen LogP contribution in [0.4, 0.5) is 16.4 Å². The molecule has 1 aliphatic carbocycles. The molecule has 0 radical (unpaired) electrons. The van der Waals surface area contributed by atoms with Gasteiger partial charge in [-0.15, -0.1) is 11.3 Å². The third kappa shape index (κ3) is 4.40. The van der Waals surface area contributed by atoms with Crippen molar-refractivity contribution in [2.45, 2.75) is 19.3 Å². The SMILES string of the molecule is CC1(C)c2ccccc2-c2ccc(N(c3ccc(-c4ccc5c(c4)c4ccccc4n5-c4ccccc4)cc3)c3cc4ccccc4s3)cc21. The molecule has 2 heterocycles. The molecule has 0 spiro atoms. The number of para-hydroxylation sites is 2. The van der Waals surface area contributed by atoms with Crippen LogP contribution < -0.4 is 4.90 Å². The predicted octanol–water partition coefficient (Wildman–Crippen LogP) is 13.4. The number of thiophene rings is 1. The lowest BCUT2D eigenvalue weighted by atomic mass is 9.82. The van der Waals surface area contributed by atoms with Crippen molar-refractivity contribution in [3.63, 3.8) is 0 Å². The number of benzene rings is 7. The Morgan fingerprint density at radius 1 is 0.500 bits per heavy atom. The fraction of sp³-hybridized carbons (Fsp3) is 0.0638. The number of hydrogen-bond acceptors (Lipinski definition) is 2. The number of hydrogen-bond donors (Lipinski definition) is 0. The van der Waals surface area contributed by atoms with Gasteiger partial charge in [0.1, 0.15) is 5.00 Å². The van der Waals surface area contributed by atoms with Crippen molar-refractivity contribution < 1.29 is 0 Å². The minimum absolute atomic E-state index is 0.0695. The zero-order valence-corrected chi connectivity index (χ0v) is 28.8. The van der Waals surface area contributed by atoms with Crippen LogP contribution in [0.15, 0.2) is 170 Å². The fourth-order valence-corrected chi connectivity index (χ4v) is 9.23. The number of nitrogens with zero attached hydrogens (tertiary/aromatic N) is 2. The van der Waals surface area contributed by atoms with Crippen LogP contribution in [0.1, 0.15) is 25.0 Å². The molecule has 0 atom stereocenters. The molecule has 1 aliphatic rings. The molecule has 50 heavy (non-hydrogen) atoms. The van der Waals surface area contributed by atoms with Crippen LogP contribution >= 0.6 is 11.3 Å². The molecule has 0 unspecified atom stereocenters. The van der Waals surface area contributed by atoms with Crippen LogP contribution in [0.2, 0.25) is 0 Å². The van der Waals surface area contributed by atoms with E-state index in [0.717, 1.165) is 5.69 Å². The second kappa shape index (κ2) is 11.1. The first-order valence-corrected chi connectivity index (χ1v) is 18.1. The fourth-order valence-electron chi connectivity index (χ4n) is 8.12. The molecule has 238 valence electrons. The largest absolute Gasteiger partial charge is 0.309 e. The highest BCUT2D eigenvalue weighted by Gasteiger charge is 2.35. The van der Waals surface area contributed by atoms with Gasteiger partial charge in [-0.2, -0.15) is 0 Å². The maximum Gasteiger partial charge on any atom is 0.101 e. The lowest BCUT2D eigenvalue weighted by molar-refractivity contribution is 0.660. The Balaban J connectivity index is 1.09. The maximum absolute atomic E-state index is 2.43. The van der Waals surface area contributed by atoms with Crippen molar-refractivity contribution in [1.29, 1.82) is 0 Å². The van der Waals surface area contributed by atoms with Gasteiger partial charge in [0.25, 0.3) is 0 Å². The van der Waals surface area contributed by atoms with E-state index in [9.17, 15) is 0 Å². The number of aromatic nitrogens is 1. The molecule has 0 aliphatic heterocycles. The first kappa shape index (κ1) is 29.1. The summed E-state index contributed by atoms with van der Waals surface area (Å²) in [4.78, 5) is 2.43. The van der Waals surface area contributed by atoms with Crippen molar-refractivity contribution in [2.24, 2.45) is 0 Å². The Morgan fingerprint density at radius 3 is 2.04 bits per heavy atom. The first-order chi connectivity index (χ1) is 24.5. The number of anilines is 3. The molecule has 0 saturated carbocycles. The molecule has 7 aromatic carbocycles. The molecule has 2 nitrogen and oxygen atoms in total. The summed E-state index contributed by atoms with van der Waals surface area (Å²) in [5.41, 5.74) is 13.8. The minimum Gasteiger partial charge on any atom is -0.309 e. The highest BCUT2D eigenvalue weighted by Crippen LogP contribution is 2.51. The summed E-state index contributed by atoms with van der Waals surface area (Å²) in [5.74, 6) is 0. The van der Waals surface area contributed by atoms with Crippen molar-refractivity contribution in [3.8, 4) is 27.9 Å². The lowest BCUT2D eigenvalue weighted by Crippen LogP contribution is -2.16. The zero-order valence-electron chi connectivity index (χ0n) is 28.0. The Morgan fingerprint density at radius 2 is 1.18 bits per heavy atom. The Bertz CT molecular complexity index is 2700. The summed E-state index contributed by atoms with van der Waals surface area (Å²) in [6.45, 7) is 4.71. The third-order valence-corrected chi connectivity index (χ3v) is 11.7. The molecule has 9 aromatic rings. The summed E-state index contributed by atoms with van der Waals surface area (Å²) >= 11 is 1.84. The smallest absolute Gasteiger partial charge is 0.101 e. The van der Waals surface area contributed by atoms with E-state index in [0.29, 0.717) is 0 Å². The summed E-state index contributed by atoms with van der Waals surface area (Å²) in [5, 5.41) is 5.01. The Kier molecular flexibility index (Phi) is 6.43. The first-order valence-electron chi connectivity index (χ1n) is 17.3. The van der Waals surface area contributed by atoms with Crippen LogP contribution in [0.5, 0.6) is 0 Å². The highest BCUT2D eigenvalue weighted by atomic mass is 32.1. The second-order valence-corrected chi connectivity index (χ2v) is 14.9. The summed E-state index contributed by atoms with van der Waals surface area (Å²) < 4.78 is 3.66. The molecule has 3 heteroatoms. The summed E-state index contributed by atoms with van der Waals surface area (Å²) in [6, 6.07) is 62.3. The second-order valence-electron chi connectivity index (χ2n) is 13.8. The van der Waals surface area contributed by atoms with Gasteiger partial charge < -0.3 is 9.47 Å². The van der Waals surface area contributed by atoms with Crippen molar-refractivity contribution in [3.05, 3.63) is 181 Å². The van der Waals surface area contributed by atoms with Crippen molar-refractivity contribution in [2.75, 3.05) is 4.90 Å². The van der Waals surface area contributed by atoms with Crippen LogP contribution in [0.3, 0.4) is 0 Å². The van der Waals surface area contributed by atoms with Gasteiger partial charge in [0.2, 0.25) is 0 Å². The number of rotatable bonds is 5. The van der Waals surface area contributed by atoms with E-state index in [-0.39, 0.29) is 5.41 Å². The normalized spacial score (nSPS) is 13.2. The molecule has 10 rings (SSSR count). The van der Waals surface area contributed by atoms with E-state index in [1.807, 2.05) is 11.3 Å². The van der Waals surface area contributed by atoms with Gasteiger partial charge in [0.15, 0.2) is 0 Å². The van der Waals surface area contributed by atoms with Gasteiger partial charge in [0, 0.05) is 37.9 Å². The third-order valence-electron chi connectivity index (χ3n) is 10.6. The van der Waals surface area contributed by atoms with E-state index < -0.39 is 0 Å². The quantitative estimate of drug-likeness (QED) is 0.179. The van der Waals surface area contributed by atoms with E-state index in [2.05, 4.69) is 193 Å². The van der Waals surface area contributed by atoms with Gasteiger partial charge >= 0.3 is 0 Å². The molecular weight excluding hydrogens is 625 g/mol. The molecular formula is C47H34N2S. The highest BCUT2D eigenvalue weighted by molar-refractivity contribution is 7.23. The van der Waals surface area contributed by atoms with Crippen LogP contribution in [-0.4, -0.2) is 4.57 Å². The molecule has 0 bridgehead atoms. The zero-order chi connectivity index (χ0) is 33.4. The molecule has 0 amide bonds. The monoisotopic (exact) mass is 658 g/mol. The van der Waals surface area contributed by atoms with Gasteiger partial charge in [-0.05, 0) is 105 Å². The standard InChI is InChI=1S/C47H34N2S/c1-47(2)41-17-9-7-15-37(41)38-26-25-36(30-42(38)47)48(46-29-33-12-6-11-19-45(33)50-46)35-23-20-31(21-24-35)32-22-27-44-40(28-32)39-16-8-10-18-43(39)49(44)34-13-4-3-5-14-34/h3-30H,1-2H3. The maximum atomic E-state index is 2.43. The van der Waals surface area contributed by atoms with Crippen LogP contribution in [0.25, 0.3) is 59.8 Å². The van der Waals surface area contributed by atoms with E-state index in [1.165, 1.54) is 81.6 Å². The topological polar surface area (TPSA) is 8.17 Å².